The van der Waals surface area contributed by atoms with Crippen LogP contribution in [0.4, 0.5) is 0 Å². The molecule has 1 aromatic carbocycles. The summed E-state index contributed by atoms with van der Waals surface area (Å²) in [7, 11) is 1.63. The molecule has 1 saturated carbocycles. The molecule has 0 unspecified atom stereocenters. The van der Waals surface area contributed by atoms with E-state index in [1.54, 1.807) is 13.2 Å². The molecule has 0 amide bonds. The second-order valence-corrected chi connectivity index (χ2v) is 7.45. The molecule has 2 heterocycles. The molecule has 4 rings (SSSR count). The molecule has 1 saturated heterocycles. The van der Waals surface area contributed by atoms with Crippen LogP contribution in [0.2, 0.25) is 0 Å². The average molecular weight is 371 g/mol. The highest BCUT2D eigenvalue weighted by atomic mass is 16.5. The van der Waals surface area contributed by atoms with Crippen LogP contribution >= 0.6 is 0 Å². The summed E-state index contributed by atoms with van der Waals surface area (Å²) in [5.41, 5.74) is 1.68. The molecule has 27 heavy (non-hydrogen) atoms. The van der Waals surface area contributed by atoms with Crippen molar-refractivity contribution in [3.63, 3.8) is 0 Å². The summed E-state index contributed by atoms with van der Waals surface area (Å²) in [4.78, 5) is 13.5. The maximum absolute atomic E-state index is 10.9. The number of methoxy groups -OCH3 is 1. The van der Waals surface area contributed by atoms with Crippen molar-refractivity contribution in [1.29, 1.82) is 0 Å². The van der Waals surface area contributed by atoms with E-state index in [1.807, 2.05) is 12.1 Å². The molecule has 1 aliphatic heterocycles. The second kappa shape index (κ2) is 7.27. The van der Waals surface area contributed by atoms with Gasteiger partial charge in [0.1, 0.15) is 12.4 Å². The van der Waals surface area contributed by atoms with E-state index >= 15 is 0 Å². The summed E-state index contributed by atoms with van der Waals surface area (Å²) in [5, 5.41) is 8.91. The molecule has 1 N–H and O–H groups in total. The molecule has 1 spiro atoms. The summed E-state index contributed by atoms with van der Waals surface area (Å²) in [6.45, 7) is 2.26. The van der Waals surface area contributed by atoms with Crippen molar-refractivity contribution in [3.05, 3.63) is 47.4 Å². The molecule has 2 aromatic rings. The predicted molar refractivity (Wildman–Crippen MR) is 99.2 cm³/mol. The van der Waals surface area contributed by atoms with Gasteiger partial charge in [0.2, 0.25) is 5.76 Å². The van der Waals surface area contributed by atoms with Gasteiger partial charge in [-0.3, -0.25) is 4.90 Å². The highest BCUT2D eigenvalue weighted by molar-refractivity contribution is 5.84. The van der Waals surface area contributed by atoms with Gasteiger partial charge in [0, 0.05) is 12.1 Å². The first kappa shape index (κ1) is 17.9. The van der Waals surface area contributed by atoms with Gasteiger partial charge in [-0.1, -0.05) is 12.5 Å². The van der Waals surface area contributed by atoms with Crippen molar-refractivity contribution >= 4 is 5.97 Å². The minimum atomic E-state index is -1.09. The van der Waals surface area contributed by atoms with E-state index < -0.39 is 5.97 Å². The normalized spacial score (nSPS) is 18.4. The number of ether oxygens (including phenoxy) is 2. The molecule has 0 radical (unpaired) electrons. The molecule has 6 nitrogen and oxygen atoms in total. The lowest BCUT2D eigenvalue weighted by molar-refractivity contribution is 0.0658. The molecule has 0 atom stereocenters. The highest BCUT2D eigenvalue weighted by Gasteiger charge is 2.48. The van der Waals surface area contributed by atoms with Crippen LogP contribution in [0.3, 0.4) is 0 Å². The van der Waals surface area contributed by atoms with E-state index in [0.29, 0.717) is 22.8 Å². The van der Waals surface area contributed by atoms with Crippen LogP contribution in [-0.4, -0.2) is 35.2 Å². The maximum Gasteiger partial charge on any atom is 0.371 e. The van der Waals surface area contributed by atoms with Crippen molar-refractivity contribution in [1.82, 2.24) is 4.90 Å². The Morgan fingerprint density at radius 1 is 1.19 bits per heavy atom. The topological polar surface area (TPSA) is 72.1 Å². The fraction of sp³-hybridized carbons (Fsp3) is 0.476. The lowest BCUT2D eigenvalue weighted by atomic mass is 9.99. The molecular weight excluding hydrogens is 346 g/mol. The predicted octanol–water partition coefficient (Wildman–Crippen LogP) is 4.08. The molecule has 2 fully saturated rings. The van der Waals surface area contributed by atoms with Crippen LogP contribution in [0.25, 0.3) is 0 Å². The molecule has 144 valence electrons. The van der Waals surface area contributed by atoms with Crippen LogP contribution in [0, 0.1) is 0 Å². The van der Waals surface area contributed by atoms with E-state index in [1.165, 1.54) is 50.3 Å². The van der Waals surface area contributed by atoms with Gasteiger partial charge >= 0.3 is 5.97 Å². The van der Waals surface area contributed by atoms with E-state index in [9.17, 15) is 4.79 Å². The van der Waals surface area contributed by atoms with Crippen molar-refractivity contribution in [2.24, 2.45) is 0 Å². The van der Waals surface area contributed by atoms with Gasteiger partial charge in [-0.15, -0.1) is 0 Å². The third-order valence-corrected chi connectivity index (χ3v) is 5.66. The number of carboxylic acids is 1. The Labute approximate surface area is 158 Å². The quantitative estimate of drug-likeness (QED) is 0.791. The number of benzene rings is 1. The minimum Gasteiger partial charge on any atom is -0.493 e. The Morgan fingerprint density at radius 3 is 2.74 bits per heavy atom. The molecule has 0 bridgehead atoms. The Bertz CT molecular complexity index is 824. The summed E-state index contributed by atoms with van der Waals surface area (Å²) < 4.78 is 16.5. The fourth-order valence-corrected chi connectivity index (χ4v) is 3.98. The van der Waals surface area contributed by atoms with Gasteiger partial charge in [-0.25, -0.2) is 4.79 Å². The van der Waals surface area contributed by atoms with Crippen LogP contribution in [0.15, 0.2) is 34.7 Å². The molecule has 2 aliphatic rings. The first-order valence-electron chi connectivity index (χ1n) is 9.46. The van der Waals surface area contributed by atoms with Gasteiger partial charge in [-0.05, 0) is 62.1 Å². The molecule has 1 aromatic heterocycles. The van der Waals surface area contributed by atoms with E-state index in [2.05, 4.69) is 11.0 Å². The fourth-order valence-electron chi connectivity index (χ4n) is 3.98. The second-order valence-electron chi connectivity index (χ2n) is 7.45. The number of hydrogen-bond donors (Lipinski definition) is 1. The van der Waals surface area contributed by atoms with Gasteiger partial charge in [0.05, 0.1) is 7.11 Å². The maximum atomic E-state index is 10.9. The number of nitrogens with zero attached hydrogens (tertiary/aromatic N) is 1. The third-order valence-electron chi connectivity index (χ3n) is 5.66. The first-order valence-corrected chi connectivity index (χ1v) is 9.46. The number of aromatic carboxylic acids is 1. The third kappa shape index (κ3) is 3.81. The van der Waals surface area contributed by atoms with Crippen molar-refractivity contribution < 1.29 is 23.8 Å². The molecule has 6 heteroatoms. The van der Waals surface area contributed by atoms with Crippen LogP contribution < -0.4 is 9.47 Å². The van der Waals surface area contributed by atoms with Gasteiger partial charge in [0.15, 0.2) is 11.5 Å². The monoisotopic (exact) mass is 371 g/mol. The first-order chi connectivity index (χ1) is 13.1. The van der Waals surface area contributed by atoms with E-state index in [4.69, 9.17) is 19.0 Å². The Hall–Kier alpha value is -2.47. The molecular formula is C21H25NO5. The average Bonchev–Trinajstić information content (AvgIpc) is 3.27. The standard InChI is InChI=1S/C21H25NO5/c1-25-19-12-15(13-22-11-3-2-8-21(22)9-10-21)4-6-17(19)26-14-16-5-7-18(27-16)20(23)24/h4-7,12H,2-3,8-11,13-14H2,1H3,(H,23,24). The summed E-state index contributed by atoms with van der Waals surface area (Å²) in [6.07, 6.45) is 6.61. The number of carboxylic acid groups (broad SMARTS) is 1. The summed E-state index contributed by atoms with van der Waals surface area (Å²) >= 11 is 0. The largest absolute Gasteiger partial charge is 0.493 e. The Morgan fingerprint density at radius 2 is 2.04 bits per heavy atom. The number of furan rings is 1. The number of carbonyl (C=O) groups is 1. The number of rotatable bonds is 7. The zero-order valence-corrected chi connectivity index (χ0v) is 15.6. The van der Waals surface area contributed by atoms with Gasteiger partial charge < -0.3 is 19.0 Å². The van der Waals surface area contributed by atoms with Crippen LogP contribution in [-0.2, 0) is 13.2 Å². The van der Waals surface area contributed by atoms with Crippen molar-refractivity contribution in [2.75, 3.05) is 13.7 Å². The van der Waals surface area contributed by atoms with Crippen molar-refractivity contribution in [3.8, 4) is 11.5 Å². The highest BCUT2D eigenvalue weighted by Crippen LogP contribution is 2.49. The minimum absolute atomic E-state index is 0.0913. The van der Waals surface area contributed by atoms with Crippen LogP contribution in [0.5, 0.6) is 11.5 Å². The SMILES string of the molecule is COc1cc(CN2CCCCC23CC3)ccc1OCc1ccc(C(=O)O)o1. The summed E-state index contributed by atoms with van der Waals surface area (Å²) in [5.74, 6) is 0.581. The number of likely N-dealkylation sites (tertiary alicyclic amines) is 1. The van der Waals surface area contributed by atoms with E-state index in [-0.39, 0.29) is 12.4 Å². The van der Waals surface area contributed by atoms with E-state index in [0.717, 1.165) is 6.54 Å². The zero-order valence-electron chi connectivity index (χ0n) is 15.6. The number of hydrogen-bond acceptors (Lipinski definition) is 5. The van der Waals surface area contributed by atoms with Crippen molar-refractivity contribution in [2.45, 2.75) is 50.8 Å². The van der Waals surface area contributed by atoms with Gasteiger partial charge in [0.25, 0.3) is 0 Å². The Balaban J connectivity index is 1.42. The number of piperidine rings is 1. The molecule has 1 aliphatic carbocycles. The smallest absolute Gasteiger partial charge is 0.371 e. The zero-order chi connectivity index (χ0) is 18.9. The lowest BCUT2D eigenvalue weighted by Gasteiger charge is -2.36. The summed E-state index contributed by atoms with van der Waals surface area (Å²) in [6, 6.07) is 9.06. The van der Waals surface area contributed by atoms with Crippen LogP contribution in [0.1, 0.15) is 54.0 Å². The van der Waals surface area contributed by atoms with Gasteiger partial charge in [-0.2, -0.15) is 0 Å². The lowest BCUT2D eigenvalue weighted by Crippen LogP contribution is -2.40. The Kier molecular flexibility index (Phi) is 4.83.